The molecule has 3 heterocycles. The number of hydrogen-bond donors (Lipinski definition) is 1. The number of cyclic esters (lactones) is 1. The van der Waals surface area contributed by atoms with Crippen LogP contribution in [-0.2, 0) is 19.1 Å². The summed E-state index contributed by atoms with van der Waals surface area (Å²) in [5, 5.41) is 2.54. The van der Waals surface area contributed by atoms with Gasteiger partial charge in [-0.15, -0.1) is 0 Å². The van der Waals surface area contributed by atoms with Gasteiger partial charge in [-0.1, -0.05) is 0 Å². The minimum atomic E-state index is -0.475. The number of halogens is 1. The van der Waals surface area contributed by atoms with E-state index >= 15 is 0 Å². The fourth-order valence-electron chi connectivity index (χ4n) is 5.11. The van der Waals surface area contributed by atoms with Crippen LogP contribution in [0.15, 0.2) is 24.3 Å². The fraction of sp³-hybridized carbons (Fsp3) is 0.625. The second kappa shape index (κ2) is 10.1. The van der Waals surface area contributed by atoms with Gasteiger partial charge in [0.25, 0.3) is 0 Å². The number of piperidine rings is 1. The maximum Gasteiger partial charge on any atom is 0.312 e. The summed E-state index contributed by atoms with van der Waals surface area (Å²) in [7, 11) is 0. The van der Waals surface area contributed by atoms with Crippen LogP contribution in [0, 0.1) is 11.2 Å². The number of carbonyl (C=O) groups is 3. The summed E-state index contributed by atoms with van der Waals surface area (Å²) in [4.78, 5) is 42.3. The molecule has 1 atom stereocenters. The van der Waals surface area contributed by atoms with Crippen molar-refractivity contribution in [1.29, 1.82) is 0 Å². The molecule has 0 unspecified atom stereocenters. The Balaban J connectivity index is 1.19. The van der Waals surface area contributed by atoms with E-state index in [1.807, 2.05) is 12.1 Å². The third kappa shape index (κ3) is 5.63. The van der Waals surface area contributed by atoms with Gasteiger partial charge in [-0.25, -0.2) is 4.39 Å². The molecular formula is C24H33FN4O4. The molecule has 8 nitrogen and oxygen atoms in total. The van der Waals surface area contributed by atoms with E-state index in [0.717, 1.165) is 51.3 Å². The molecule has 0 radical (unpaired) electrons. The molecule has 0 aromatic heterocycles. The zero-order chi connectivity index (χ0) is 23.4. The number of ether oxygens (including phenoxy) is 1. The van der Waals surface area contributed by atoms with Gasteiger partial charge in [0.2, 0.25) is 11.8 Å². The predicted octanol–water partition coefficient (Wildman–Crippen LogP) is 1.40. The van der Waals surface area contributed by atoms with Crippen LogP contribution in [0.3, 0.4) is 0 Å². The van der Waals surface area contributed by atoms with Crippen LogP contribution in [0.2, 0.25) is 0 Å². The standard InChI is InChI=1S/C24H33FN4O4/c1-18(30)26-17-22(31)29-10-7-24(8-11-29)16-21(33-23(24)32)6-9-27-12-14-28(15-13-27)20-4-2-19(25)3-5-20/h2-5,21H,6-17H2,1H3,(H,26,30)/t21-/m0/s1. The topological polar surface area (TPSA) is 82.2 Å². The fourth-order valence-corrected chi connectivity index (χ4v) is 5.11. The Morgan fingerprint density at radius 3 is 2.39 bits per heavy atom. The summed E-state index contributed by atoms with van der Waals surface area (Å²) >= 11 is 0. The molecule has 3 fully saturated rings. The average molecular weight is 461 g/mol. The number of esters is 1. The largest absolute Gasteiger partial charge is 0.462 e. The van der Waals surface area contributed by atoms with Gasteiger partial charge >= 0.3 is 5.97 Å². The van der Waals surface area contributed by atoms with E-state index in [1.54, 1.807) is 4.90 Å². The molecule has 3 saturated heterocycles. The van der Waals surface area contributed by atoms with Crippen LogP contribution in [-0.4, -0.2) is 86.0 Å². The molecular weight excluding hydrogens is 427 g/mol. The molecule has 0 bridgehead atoms. The number of nitrogens with zero attached hydrogens (tertiary/aromatic N) is 3. The number of carbonyl (C=O) groups excluding carboxylic acids is 3. The van der Waals surface area contributed by atoms with Gasteiger partial charge in [-0.3, -0.25) is 19.3 Å². The number of anilines is 1. The zero-order valence-electron chi connectivity index (χ0n) is 19.2. The SMILES string of the molecule is CC(=O)NCC(=O)N1CCC2(CC1)C[C@H](CCN1CCN(c3ccc(F)cc3)CC1)OC2=O. The quantitative estimate of drug-likeness (QED) is 0.647. The summed E-state index contributed by atoms with van der Waals surface area (Å²) in [5.41, 5.74) is 0.570. The normalized spacial score (nSPS) is 23.0. The van der Waals surface area contributed by atoms with Crippen molar-refractivity contribution in [2.45, 2.75) is 38.7 Å². The Morgan fingerprint density at radius 1 is 1.09 bits per heavy atom. The number of nitrogens with one attached hydrogen (secondary N) is 1. The molecule has 0 saturated carbocycles. The lowest BCUT2D eigenvalue weighted by Gasteiger charge is -2.37. The number of rotatable bonds is 6. The Morgan fingerprint density at radius 2 is 1.76 bits per heavy atom. The van der Waals surface area contributed by atoms with Crippen molar-refractivity contribution in [3.63, 3.8) is 0 Å². The first-order valence-corrected chi connectivity index (χ1v) is 11.8. The van der Waals surface area contributed by atoms with E-state index in [2.05, 4.69) is 15.1 Å². The molecule has 9 heteroatoms. The monoisotopic (exact) mass is 460 g/mol. The third-order valence-electron chi connectivity index (χ3n) is 7.22. The van der Waals surface area contributed by atoms with E-state index in [1.165, 1.54) is 19.1 Å². The highest BCUT2D eigenvalue weighted by atomic mass is 19.1. The van der Waals surface area contributed by atoms with Gasteiger partial charge in [-0.2, -0.15) is 0 Å². The van der Waals surface area contributed by atoms with Crippen molar-refractivity contribution < 1.29 is 23.5 Å². The maximum atomic E-state index is 13.1. The number of piperazine rings is 1. The molecule has 2 amide bonds. The van der Waals surface area contributed by atoms with E-state index in [0.29, 0.717) is 25.9 Å². The summed E-state index contributed by atoms with van der Waals surface area (Å²) in [6, 6.07) is 6.63. The molecule has 1 aromatic carbocycles. The molecule has 1 N–H and O–H groups in total. The summed E-state index contributed by atoms with van der Waals surface area (Å²) in [5.74, 6) is -0.676. The first-order chi connectivity index (χ1) is 15.8. The first-order valence-electron chi connectivity index (χ1n) is 11.8. The van der Waals surface area contributed by atoms with Gasteiger partial charge in [-0.05, 0) is 43.5 Å². The Labute approximate surface area is 194 Å². The Kier molecular flexibility index (Phi) is 7.17. The number of hydrogen-bond acceptors (Lipinski definition) is 6. The molecule has 3 aliphatic rings. The van der Waals surface area contributed by atoms with Crippen molar-refractivity contribution in [2.75, 3.05) is 57.3 Å². The van der Waals surface area contributed by atoms with Crippen LogP contribution in [0.5, 0.6) is 0 Å². The number of amides is 2. The molecule has 1 aromatic rings. The van der Waals surface area contributed by atoms with Gasteiger partial charge < -0.3 is 19.9 Å². The van der Waals surface area contributed by atoms with Crippen LogP contribution in [0.1, 0.15) is 32.6 Å². The zero-order valence-corrected chi connectivity index (χ0v) is 19.2. The molecule has 0 aliphatic carbocycles. The Hall–Kier alpha value is -2.68. The van der Waals surface area contributed by atoms with Crippen molar-refractivity contribution in [3.8, 4) is 0 Å². The van der Waals surface area contributed by atoms with Crippen molar-refractivity contribution in [2.24, 2.45) is 5.41 Å². The van der Waals surface area contributed by atoms with Crippen LogP contribution in [0.25, 0.3) is 0 Å². The predicted molar refractivity (Wildman–Crippen MR) is 121 cm³/mol. The van der Waals surface area contributed by atoms with E-state index in [4.69, 9.17) is 4.74 Å². The van der Waals surface area contributed by atoms with Crippen LogP contribution < -0.4 is 10.2 Å². The average Bonchev–Trinajstić information content (AvgIpc) is 3.12. The lowest BCUT2D eigenvalue weighted by molar-refractivity contribution is -0.152. The van der Waals surface area contributed by atoms with E-state index < -0.39 is 5.41 Å². The Bertz CT molecular complexity index is 862. The van der Waals surface area contributed by atoms with Crippen molar-refractivity contribution in [1.82, 2.24) is 15.1 Å². The van der Waals surface area contributed by atoms with Crippen LogP contribution >= 0.6 is 0 Å². The van der Waals surface area contributed by atoms with E-state index in [-0.39, 0.29) is 36.2 Å². The minimum Gasteiger partial charge on any atom is -0.462 e. The lowest BCUT2D eigenvalue weighted by Crippen LogP contribution is -2.48. The van der Waals surface area contributed by atoms with Crippen molar-refractivity contribution >= 4 is 23.5 Å². The maximum absolute atomic E-state index is 13.1. The number of benzene rings is 1. The highest BCUT2D eigenvalue weighted by Gasteiger charge is 2.50. The lowest BCUT2D eigenvalue weighted by atomic mass is 9.75. The smallest absolute Gasteiger partial charge is 0.312 e. The molecule has 180 valence electrons. The highest BCUT2D eigenvalue weighted by Crippen LogP contribution is 2.43. The summed E-state index contributed by atoms with van der Waals surface area (Å²) in [6.45, 7) is 6.94. The van der Waals surface area contributed by atoms with Gasteiger partial charge in [0.05, 0.1) is 12.0 Å². The molecule has 3 aliphatic heterocycles. The summed E-state index contributed by atoms with van der Waals surface area (Å²) in [6.07, 6.45) is 2.69. The molecule has 1 spiro atoms. The van der Waals surface area contributed by atoms with Crippen LogP contribution in [0.4, 0.5) is 10.1 Å². The summed E-state index contributed by atoms with van der Waals surface area (Å²) < 4.78 is 18.9. The van der Waals surface area contributed by atoms with Gasteiger partial charge in [0.15, 0.2) is 0 Å². The van der Waals surface area contributed by atoms with Gasteiger partial charge in [0.1, 0.15) is 11.9 Å². The van der Waals surface area contributed by atoms with E-state index in [9.17, 15) is 18.8 Å². The van der Waals surface area contributed by atoms with Crippen molar-refractivity contribution in [3.05, 3.63) is 30.1 Å². The second-order valence-corrected chi connectivity index (χ2v) is 9.40. The third-order valence-corrected chi connectivity index (χ3v) is 7.22. The molecule has 4 rings (SSSR count). The first kappa shape index (κ1) is 23.5. The minimum absolute atomic E-state index is 0.00380. The second-order valence-electron chi connectivity index (χ2n) is 9.40. The molecule has 33 heavy (non-hydrogen) atoms. The van der Waals surface area contributed by atoms with Gasteiger partial charge in [0, 0.05) is 64.8 Å². The highest BCUT2D eigenvalue weighted by molar-refractivity contribution is 5.84. The number of likely N-dealkylation sites (tertiary alicyclic amines) is 1.